The molecule has 0 saturated carbocycles. The van der Waals surface area contributed by atoms with E-state index in [0.717, 1.165) is 36.1 Å². The second-order valence-corrected chi connectivity index (χ2v) is 8.92. The predicted octanol–water partition coefficient (Wildman–Crippen LogP) is 4.12. The highest BCUT2D eigenvalue weighted by Gasteiger charge is 2.25. The van der Waals surface area contributed by atoms with Crippen molar-refractivity contribution in [1.29, 1.82) is 0 Å². The average molecular weight is 461 g/mol. The molecule has 0 fully saturated rings. The summed E-state index contributed by atoms with van der Waals surface area (Å²) in [6.07, 6.45) is 2.42. The van der Waals surface area contributed by atoms with Crippen molar-refractivity contribution >= 4 is 5.52 Å². The van der Waals surface area contributed by atoms with Crippen molar-refractivity contribution in [2.24, 2.45) is 0 Å². The number of ether oxygens (including phenoxy) is 1. The second kappa shape index (κ2) is 10.2. The number of aliphatic hydroxyl groups excluding tert-OH is 1. The number of hydrogen-bond donors (Lipinski definition) is 2. The number of imidazole rings is 1. The van der Waals surface area contributed by atoms with Gasteiger partial charge in [0.1, 0.15) is 17.4 Å². The van der Waals surface area contributed by atoms with Crippen LogP contribution in [0.5, 0.6) is 5.75 Å². The number of aromatic amines is 1. The Balaban J connectivity index is 1.64. The van der Waals surface area contributed by atoms with Gasteiger partial charge in [0.15, 0.2) is 5.52 Å². The standard InChI is InChI=1S/C27H32N4O3/c1-17-15-21(13-14-23(17)34-4)16-24-29-27(33)25-18(2)28-26(31(25)30-24)22(19(3)32)12-8-11-20-9-6-5-7-10-20/h5-7,9-10,13-15,19,22,32H,8,11-12,16H2,1-4H3,(H,29,30,33). The van der Waals surface area contributed by atoms with Crippen LogP contribution in [0.15, 0.2) is 53.3 Å². The molecular formula is C27H32N4O3. The maximum Gasteiger partial charge on any atom is 0.277 e. The van der Waals surface area contributed by atoms with Crippen LogP contribution in [0.2, 0.25) is 0 Å². The van der Waals surface area contributed by atoms with Gasteiger partial charge in [-0.2, -0.15) is 5.10 Å². The molecule has 0 aliphatic heterocycles. The normalized spacial score (nSPS) is 13.2. The van der Waals surface area contributed by atoms with Crippen molar-refractivity contribution in [3.63, 3.8) is 0 Å². The van der Waals surface area contributed by atoms with E-state index in [1.165, 1.54) is 5.56 Å². The lowest BCUT2D eigenvalue weighted by Gasteiger charge is -2.18. The zero-order chi connectivity index (χ0) is 24.2. The van der Waals surface area contributed by atoms with Crippen LogP contribution in [-0.2, 0) is 12.8 Å². The number of benzene rings is 2. The van der Waals surface area contributed by atoms with Crippen LogP contribution in [0.4, 0.5) is 0 Å². The van der Waals surface area contributed by atoms with Gasteiger partial charge in [0.05, 0.1) is 18.9 Å². The molecule has 0 saturated heterocycles. The number of aliphatic hydroxyl groups is 1. The monoisotopic (exact) mass is 460 g/mol. The summed E-state index contributed by atoms with van der Waals surface area (Å²) in [5.74, 6) is 1.78. The van der Waals surface area contributed by atoms with Gasteiger partial charge < -0.3 is 14.8 Å². The zero-order valence-electron chi connectivity index (χ0n) is 20.2. The Hall–Kier alpha value is -3.45. The molecule has 0 aliphatic carbocycles. The molecule has 2 N–H and O–H groups in total. The van der Waals surface area contributed by atoms with Crippen molar-refractivity contribution in [2.45, 2.75) is 58.5 Å². The summed E-state index contributed by atoms with van der Waals surface area (Å²) in [4.78, 5) is 20.5. The summed E-state index contributed by atoms with van der Waals surface area (Å²) in [5.41, 5.74) is 4.13. The molecule has 4 rings (SSSR count). The molecule has 0 amide bonds. The quantitative estimate of drug-likeness (QED) is 0.392. The molecule has 0 spiro atoms. The number of aryl methyl sites for hydroxylation is 3. The van der Waals surface area contributed by atoms with Gasteiger partial charge >= 0.3 is 0 Å². The van der Waals surface area contributed by atoms with Crippen molar-refractivity contribution in [2.75, 3.05) is 7.11 Å². The minimum atomic E-state index is -0.616. The van der Waals surface area contributed by atoms with E-state index in [4.69, 9.17) is 9.84 Å². The van der Waals surface area contributed by atoms with Gasteiger partial charge in [0, 0.05) is 12.3 Å². The molecule has 178 valence electrons. The Morgan fingerprint density at radius 2 is 1.88 bits per heavy atom. The first kappa shape index (κ1) is 23.7. The Morgan fingerprint density at radius 3 is 2.56 bits per heavy atom. The number of nitrogens with zero attached hydrogens (tertiary/aromatic N) is 3. The minimum Gasteiger partial charge on any atom is -0.496 e. The van der Waals surface area contributed by atoms with Gasteiger partial charge in [-0.1, -0.05) is 42.5 Å². The topological polar surface area (TPSA) is 92.5 Å². The Kier molecular flexibility index (Phi) is 7.12. The molecule has 0 aliphatic rings. The van der Waals surface area contributed by atoms with Crippen LogP contribution in [0.1, 0.15) is 59.7 Å². The van der Waals surface area contributed by atoms with Crippen LogP contribution in [0, 0.1) is 13.8 Å². The highest BCUT2D eigenvalue weighted by molar-refractivity contribution is 5.50. The van der Waals surface area contributed by atoms with Crippen molar-refractivity contribution in [3.8, 4) is 5.75 Å². The first-order chi connectivity index (χ1) is 16.4. The highest BCUT2D eigenvalue weighted by Crippen LogP contribution is 2.26. The van der Waals surface area contributed by atoms with Crippen LogP contribution < -0.4 is 10.3 Å². The number of fused-ring (bicyclic) bond motifs is 1. The van der Waals surface area contributed by atoms with E-state index < -0.39 is 6.10 Å². The first-order valence-electron chi connectivity index (χ1n) is 11.7. The molecule has 2 atom stereocenters. The number of methoxy groups -OCH3 is 1. The lowest BCUT2D eigenvalue weighted by molar-refractivity contribution is 0.151. The molecule has 7 nitrogen and oxygen atoms in total. The van der Waals surface area contributed by atoms with E-state index in [0.29, 0.717) is 29.3 Å². The fraction of sp³-hybridized carbons (Fsp3) is 0.370. The van der Waals surface area contributed by atoms with Gasteiger partial charge in [-0.3, -0.25) is 4.79 Å². The van der Waals surface area contributed by atoms with E-state index >= 15 is 0 Å². The summed E-state index contributed by atoms with van der Waals surface area (Å²) in [6, 6.07) is 16.2. The van der Waals surface area contributed by atoms with Gasteiger partial charge in [-0.25, -0.2) is 9.50 Å². The van der Waals surface area contributed by atoms with E-state index in [-0.39, 0.29) is 11.5 Å². The molecule has 2 aromatic heterocycles. The summed E-state index contributed by atoms with van der Waals surface area (Å²) in [5, 5.41) is 15.4. The van der Waals surface area contributed by atoms with Gasteiger partial charge in [-0.05, 0) is 62.8 Å². The summed E-state index contributed by atoms with van der Waals surface area (Å²) in [6.45, 7) is 5.57. The Bertz CT molecular complexity index is 1330. The first-order valence-corrected chi connectivity index (χ1v) is 11.7. The number of H-pyrrole nitrogens is 1. The van der Waals surface area contributed by atoms with Crippen LogP contribution in [-0.4, -0.2) is 37.9 Å². The van der Waals surface area contributed by atoms with Crippen molar-refractivity contribution in [3.05, 3.63) is 92.9 Å². The third kappa shape index (κ3) is 5.04. The molecule has 34 heavy (non-hydrogen) atoms. The van der Waals surface area contributed by atoms with E-state index in [1.54, 1.807) is 18.5 Å². The fourth-order valence-electron chi connectivity index (χ4n) is 4.56. The Labute approximate surface area is 199 Å². The molecule has 0 bridgehead atoms. The van der Waals surface area contributed by atoms with Gasteiger partial charge in [0.25, 0.3) is 5.56 Å². The van der Waals surface area contributed by atoms with Crippen LogP contribution >= 0.6 is 0 Å². The maximum atomic E-state index is 12.9. The summed E-state index contributed by atoms with van der Waals surface area (Å²) in [7, 11) is 1.65. The molecular weight excluding hydrogens is 428 g/mol. The number of nitrogens with one attached hydrogen (secondary N) is 1. The maximum absolute atomic E-state index is 12.9. The lowest BCUT2D eigenvalue weighted by atomic mass is 9.94. The van der Waals surface area contributed by atoms with Crippen LogP contribution in [0.3, 0.4) is 0 Å². The van der Waals surface area contributed by atoms with E-state index in [1.807, 2.05) is 50.2 Å². The largest absolute Gasteiger partial charge is 0.496 e. The fourth-order valence-corrected chi connectivity index (χ4v) is 4.56. The number of hydrogen-bond acceptors (Lipinski definition) is 5. The smallest absolute Gasteiger partial charge is 0.277 e. The molecule has 2 unspecified atom stereocenters. The second-order valence-electron chi connectivity index (χ2n) is 8.92. The molecule has 2 heterocycles. The third-order valence-corrected chi connectivity index (χ3v) is 6.32. The van der Waals surface area contributed by atoms with Crippen molar-refractivity contribution in [1.82, 2.24) is 19.6 Å². The predicted molar refractivity (Wildman–Crippen MR) is 133 cm³/mol. The summed E-state index contributed by atoms with van der Waals surface area (Å²) < 4.78 is 6.98. The highest BCUT2D eigenvalue weighted by atomic mass is 16.5. The SMILES string of the molecule is COc1ccc(Cc2nn3c(C(CCCc4ccccc4)C(C)O)nc(C)c3c(=O)[nH]2)cc1C. The molecule has 2 aromatic carbocycles. The van der Waals surface area contributed by atoms with E-state index in [9.17, 15) is 9.90 Å². The van der Waals surface area contributed by atoms with Gasteiger partial charge in [-0.15, -0.1) is 0 Å². The number of aromatic nitrogens is 4. The minimum absolute atomic E-state index is 0.222. The number of rotatable bonds is 9. The molecule has 7 heteroatoms. The lowest BCUT2D eigenvalue weighted by Crippen LogP contribution is -2.22. The Morgan fingerprint density at radius 1 is 1.12 bits per heavy atom. The third-order valence-electron chi connectivity index (χ3n) is 6.32. The molecule has 0 radical (unpaired) electrons. The zero-order valence-corrected chi connectivity index (χ0v) is 20.2. The van der Waals surface area contributed by atoms with Crippen molar-refractivity contribution < 1.29 is 9.84 Å². The summed E-state index contributed by atoms with van der Waals surface area (Å²) >= 11 is 0. The van der Waals surface area contributed by atoms with Gasteiger partial charge in [0.2, 0.25) is 0 Å². The van der Waals surface area contributed by atoms with E-state index in [2.05, 4.69) is 22.1 Å². The molecule has 4 aromatic rings. The van der Waals surface area contributed by atoms with Crippen LogP contribution in [0.25, 0.3) is 5.52 Å². The average Bonchev–Trinajstić information content (AvgIpc) is 3.13.